The smallest absolute Gasteiger partial charge is 0.237 e. The fraction of sp³-hybridized carbons (Fsp3) is 0.360. The van der Waals surface area contributed by atoms with Gasteiger partial charge in [-0.15, -0.1) is 0 Å². The van der Waals surface area contributed by atoms with Crippen LogP contribution in [0.25, 0.3) is 22.7 Å². The van der Waals surface area contributed by atoms with Crippen LogP contribution >= 0.6 is 0 Å². The first-order chi connectivity index (χ1) is 26.5. The quantitative estimate of drug-likeness (QED) is 0.147. The molecule has 0 heterocycles. The van der Waals surface area contributed by atoms with Crippen molar-refractivity contribution in [3.8, 4) is 11.5 Å². The molecule has 4 aromatic carbocycles. The van der Waals surface area contributed by atoms with Crippen molar-refractivity contribution in [2.45, 2.75) is 119 Å². The van der Waals surface area contributed by atoms with Crippen LogP contribution in [0.2, 0.25) is 0 Å². The Labute approximate surface area is 342 Å². The maximum Gasteiger partial charge on any atom is 0.237 e. The first kappa shape index (κ1) is 43.4. The molecule has 0 aliphatic heterocycles. The SMILES string of the molecule is Cc1ccc2c(c1)C(=O)C(=O)C(c1cc(C(C)(C)C)c(O)c(C(C)(C)C)c1)=C2O.Cc1ccc2c(c1)C(O)=C(c1cc(C(C)(C)C)c(O)c(C(C)(C)C)c1)C(=O)C2=O. The van der Waals surface area contributed by atoms with Crippen LogP contribution in [-0.4, -0.2) is 43.6 Å². The average molecular weight is 785 g/mol. The largest absolute Gasteiger partial charge is 0.507 e. The second kappa shape index (κ2) is 14.6. The number of carbonyl (C=O) groups excluding carboxylic acids is 4. The van der Waals surface area contributed by atoms with Crippen molar-refractivity contribution < 1.29 is 39.6 Å². The Hall–Kier alpha value is -5.76. The van der Waals surface area contributed by atoms with Gasteiger partial charge < -0.3 is 20.4 Å². The molecule has 2 aliphatic carbocycles. The third-order valence-corrected chi connectivity index (χ3v) is 10.7. The first-order valence-corrected chi connectivity index (χ1v) is 19.5. The predicted molar refractivity (Wildman–Crippen MR) is 231 cm³/mol. The molecule has 0 saturated heterocycles. The van der Waals surface area contributed by atoms with Gasteiger partial charge in [-0.2, -0.15) is 0 Å². The topological polar surface area (TPSA) is 149 Å². The van der Waals surface area contributed by atoms with E-state index in [9.17, 15) is 39.6 Å². The lowest BCUT2D eigenvalue weighted by molar-refractivity contribution is -0.110. The van der Waals surface area contributed by atoms with Gasteiger partial charge in [-0.05, 0) is 89.1 Å². The number of hydrogen-bond acceptors (Lipinski definition) is 8. The highest BCUT2D eigenvalue weighted by atomic mass is 16.3. The molecule has 8 heteroatoms. The van der Waals surface area contributed by atoms with Crippen LogP contribution in [0.5, 0.6) is 11.5 Å². The summed E-state index contributed by atoms with van der Waals surface area (Å²) in [5, 5.41) is 43.8. The van der Waals surface area contributed by atoms with Crippen molar-refractivity contribution in [3.05, 3.63) is 127 Å². The molecule has 2 aliphatic rings. The van der Waals surface area contributed by atoms with Crippen molar-refractivity contribution in [1.82, 2.24) is 0 Å². The van der Waals surface area contributed by atoms with E-state index in [1.165, 1.54) is 0 Å². The van der Waals surface area contributed by atoms with Gasteiger partial charge in [0.25, 0.3) is 0 Å². The molecule has 6 rings (SSSR count). The molecule has 0 amide bonds. The Kier molecular flexibility index (Phi) is 10.9. The molecule has 0 unspecified atom stereocenters. The summed E-state index contributed by atoms with van der Waals surface area (Å²) >= 11 is 0. The summed E-state index contributed by atoms with van der Waals surface area (Å²) in [7, 11) is 0. The second-order valence-electron chi connectivity index (χ2n) is 19.7. The lowest BCUT2D eigenvalue weighted by Gasteiger charge is -2.29. The Morgan fingerprint density at radius 2 is 0.655 bits per heavy atom. The van der Waals surface area contributed by atoms with Gasteiger partial charge >= 0.3 is 0 Å². The van der Waals surface area contributed by atoms with Crippen molar-refractivity contribution in [2.75, 3.05) is 0 Å². The van der Waals surface area contributed by atoms with E-state index in [1.54, 1.807) is 60.7 Å². The zero-order valence-electron chi connectivity index (χ0n) is 36.2. The highest BCUT2D eigenvalue weighted by Gasteiger charge is 2.38. The number of carbonyl (C=O) groups is 4. The molecule has 304 valence electrons. The monoisotopic (exact) mass is 784 g/mol. The summed E-state index contributed by atoms with van der Waals surface area (Å²) in [6, 6.07) is 17.0. The highest BCUT2D eigenvalue weighted by molar-refractivity contribution is 6.62. The van der Waals surface area contributed by atoms with E-state index >= 15 is 0 Å². The third-order valence-electron chi connectivity index (χ3n) is 10.7. The standard InChI is InChI=1S/2C25H28O4/c1-13-8-9-15-16(10-13)20(26)19(23(29)21(15)27)14-11-17(24(2,3)4)22(28)18(12-14)25(5,6)7;1-13-8-9-15-16(10-13)21(27)23(29)19(20(15)26)14-11-17(24(2,3)4)22(28)18(12-14)25(5,6)7/h2*8-12,26,28H,1-7H3. The first-order valence-electron chi connectivity index (χ1n) is 19.5. The summed E-state index contributed by atoms with van der Waals surface area (Å²) in [5.74, 6) is -2.75. The molecule has 0 fully saturated rings. The predicted octanol–water partition coefficient (Wildman–Crippen LogP) is 11.0. The average Bonchev–Trinajstić information content (AvgIpc) is 3.09. The van der Waals surface area contributed by atoms with Gasteiger partial charge in [0.05, 0.1) is 11.1 Å². The van der Waals surface area contributed by atoms with E-state index in [0.717, 1.165) is 11.1 Å². The molecule has 8 nitrogen and oxygen atoms in total. The molecule has 0 radical (unpaired) electrons. The Morgan fingerprint density at radius 1 is 0.362 bits per heavy atom. The number of ketones is 4. The zero-order valence-corrected chi connectivity index (χ0v) is 36.2. The van der Waals surface area contributed by atoms with Gasteiger partial charge in [0.2, 0.25) is 23.1 Å². The zero-order chi connectivity index (χ0) is 43.8. The van der Waals surface area contributed by atoms with Crippen LogP contribution < -0.4 is 0 Å². The number of phenolic OH excluding ortho intramolecular Hbond substituents is 2. The molecule has 58 heavy (non-hydrogen) atoms. The summed E-state index contributed by atoms with van der Waals surface area (Å²) < 4.78 is 0. The minimum atomic E-state index is -0.732. The molecule has 0 aromatic heterocycles. The van der Waals surface area contributed by atoms with E-state index in [0.29, 0.717) is 44.5 Å². The maximum atomic E-state index is 13.0. The number of benzene rings is 4. The van der Waals surface area contributed by atoms with Gasteiger partial charge in [0.15, 0.2) is 0 Å². The molecule has 0 atom stereocenters. The Bertz CT molecular complexity index is 2430. The normalized spacial score (nSPS) is 15.0. The number of aliphatic hydroxyl groups excluding tert-OH is 2. The highest BCUT2D eigenvalue weighted by Crippen LogP contribution is 2.45. The third kappa shape index (κ3) is 7.89. The van der Waals surface area contributed by atoms with Crippen molar-refractivity contribution in [2.24, 2.45) is 0 Å². The van der Waals surface area contributed by atoms with Crippen LogP contribution in [0.4, 0.5) is 0 Å². The lowest BCUT2D eigenvalue weighted by Crippen LogP contribution is -2.24. The van der Waals surface area contributed by atoms with Gasteiger partial charge in [0.1, 0.15) is 23.0 Å². The number of rotatable bonds is 2. The van der Waals surface area contributed by atoms with Crippen LogP contribution in [0.3, 0.4) is 0 Å². The van der Waals surface area contributed by atoms with Crippen LogP contribution in [-0.2, 0) is 31.2 Å². The number of allylic oxidation sites excluding steroid dienone is 2. The van der Waals surface area contributed by atoms with Gasteiger partial charge in [0, 0.05) is 44.5 Å². The van der Waals surface area contributed by atoms with Gasteiger partial charge in [-0.1, -0.05) is 112 Å². The number of hydrogen-bond donors (Lipinski definition) is 4. The summed E-state index contributed by atoms with van der Waals surface area (Å²) in [4.78, 5) is 51.5. The van der Waals surface area contributed by atoms with Crippen LogP contribution in [0.1, 0.15) is 159 Å². The Balaban J connectivity index is 0.000000221. The fourth-order valence-electron chi connectivity index (χ4n) is 7.44. The van der Waals surface area contributed by atoms with Crippen molar-refractivity contribution in [3.63, 3.8) is 0 Å². The number of aryl methyl sites for hydroxylation is 2. The second-order valence-corrected chi connectivity index (χ2v) is 19.7. The van der Waals surface area contributed by atoms with Crippen molar-refractivity contribution >= 4 is 45.8 Å². The number of phenols is 2. The maximum absolute atomic E-state index is 13.0. The number of Topliss-reactive ketones (excluding diaryl/α,β-unsaturated/α-hetero) is 4. The summed E-state index contributed by atoms with van der Waals surface area (Å²) in [5.41, 5.74) is 4.83. The molecule has 4 N–H and O–H groups in total. The van der Waals surface area contributed by atoms with Crippen LogP contribution in [0, 0.1) is 13.8 Å². The molecule has 0 saturated carbocycles. The van der Waals surface area contributed by atoms with E-state index < -0.39 is 44.8 Å². The van der Waals surface area contributed by atoms with Gasteiger partial charge in [-0.25, -0.2) is 0 Å². The molecular weight excluding hydrogens is 729 g/mol. The van der Waals surface area contributed by atoms with E-state index in [2.05, 4.69) is 0 Å². The summed E-state index contributed by atoms with van der Waals surface area (Å²) in [6.07, 6.45) is 0. The minimum Gasteiger partial charge on any atom is -0.507 e. The number of fused-ring (bicyclic) bond motifs is 2. The number of aliphatic hydroxyl groups is 2. The molecule has 0 spiro atoms. The van der Waals surface area contributed by atoms with E-state index in [4.69, 9.17) is 0 Å². The summed E-state index contributed by atoms with van der Waals surface area (Å²) in [6.45, 7) is 27.3. The number of aromatic hydroxyl groups is 2. The molecule has 4 aromatic rings. The van der Waals surface area contributed by atoms with Crippen LogP contribution in [0.15, 0.2) is 60.7 Å². The fourth-order valence-corrected chi connectivity index (χ4v) is 7.44. The van der Waals surface area contributed by atoms with Gasteiger partial charge in [-0.3, -0.25) is 19.2 Å². The van der Waals surface area contributed by atoms with E-state index in [-0.39, 0.29) is 45.3 Å². The van der Waals surface area contributed by atoms with Crippen molar-refractivity contribution in [1.29, 1.82) is 0 Å². The van der Waals surface area contributed by atoms with E-state index in [1.807, 2.05) is 96.9 Å². The lowest BCUT2D eigenvalue weighted by atomic mass is 9.76. The molecular formula is C50H56O8. The molecule has 0 bridgehead atoms. The minimum absolute atomic E-state index is 0.0101. The Morgan fingerprint density at radius 3 is 1.00 bits per heavy atom.